The van der Waals surface area contributed by atoms with Gasteiger partial charge in [0.25, 0.3) is 5.78 Å². The number of halogens is 6. The number of rotatable bonds is 1. The van der Waals surface area contributed by atoms with Crippen LogP contribution in [0.1, 0.15) is 10.4 Å². The highest BCUT2D eigenvalue weighted by atomic mass is 79.9. The summed E-state index contributed by atoms with van der Waals surface area (Å²) in [4.78, 5) is 10.8. The van der Waals surface area contributed by atoms with Crippen molar-refractivity contribution in [1.82, 2.24) is 0 Å². The molecular formula is C8H2Br2F4O. The van der Waals surface area contributed by atoms with Crippen LogP contribution >= 0.6 is 31.9 Å². The van der Waals surface area contributed by atoms with Gasteiger partial charge in [-0.1, -0.05) is 0 Å². The first-order valence-electron chi connectivity index (χ1n) is 3.50. The van der Waals surface area contributed by atoms with E-state index in [1.807, 2.05) is 0 Å². The Morgan fingerprint density at radius 2 is 1.60 bits per heavy atom. The topological polar surface area (TPSA) is 17.1 Å². The first kappa shape index (κ1) is 12.6. The van der Waals surface area contributed by atoms with Crippen molar-refractivity contribution in [1.29, 1.82) is 0 Å². The molecule has 0 aliphatic carbocycles. The Morgan fingerprint density at radius 1 is 1.13 bits per heavy atom. The summed E-state index contributed by atoms with van der Waals surface area (Å²) in [6.45, 7) is 0. The summed E-state index contributed by atoms with van der Waals surface area (Å²) in [5.41, 5.74) is -1.02. The lowest BCUT2D eigenvalue weighted by molar-refractivity contribution is -0.0888. The van der Waals surface area contributed by atoms with Crippen molar-refractivity contribution in [3.8, 4) is 0 Å². The second-order valence-electron chi connectivity index (χ2n) is 2.55. The highest BCUT2D eigenvalue weighted by Gasteiger charge is 2.42. The van der Waals surface area contributed by atoms with Gasteiger partial charge >= 0.3 is 6.18 Å². The van der Waals surface area contributed by atoms with Gasteiger partial charge in [0.1, 0.15) is 5.82 Å². The molecule has 7 heteroatoms. The smallest absolute Gasteiger partial charge is 0.284 e. The predicted molar refractivity (Wildman–Crippen MR) is 52.2 cm³/mol. The normalized spacial score (nSPS) is 11.6. The summed E-state index contributed by atoms with van der Waals surface area (Å²) in [5.74, 6) is -3.44. The van der Waals surface area contributed by atoms with Gasteiger partial charge in [-0.15, -0.1) is 0 Å². The molecule has 0 radical (unpaired) electrons. The molecule has 82 valence electrons. The molecule has 1 nitrogen and oxygen atoms in total. The fraction of sp³-hybridized carbons (Fsp3) is 0.125. The number of alkyl halides is 3. The summed E-state index contributed by atoms with van der Waals surface area (Å²) >= 11 is 5.39. The zero-order valence-corrected chi connectivity index (χ0v) is 10.0. The van der Waals surface area contributed by atoms with Gasteiger partial charge < -0.3 is 0 Å². The minimum atomic E-state index is -5.09. The first-order valence-corrected chi connectivity index (χ1v) is 5.08. The van der Waals surface area contributed by atoms with Crippen LogP contribution in [0.4, 0.5) is 17.6 Å². The van der Waals surface area contributed by atoms with Crippen LogP contribution in [-0.2, 0) is 0 Å². The maximum atomic E-state index is 13.2. The van der Waals surface area contributed by atoms with Gasteiger partial charge in [0.05, 0.1) is 10.0 Å². The number of hydrogen-bond acceptors (Lipinski definition) is 1. The average molecular weight is 350 g/mol. The molecule has 0 spiro atoms. The van der Waals surface area contributed by atoms with Gasteiger partial charge in [0.2, 0.25) is 0 Å². The lowest BCUT2D eigenvalue weighted by Gasteiger charge is -2.08. The van der Waals surface area contributed by atoms with E-state index in [9.17, 15) is 22.4 Å². The number of hydrogen-bond donors (Lipinski definition) is 0. The molecule has 0 fully saturated rings. The SMILES string of the molecule is O=C(c1c(Br)ccc(Br)c1F)C(F)(F)F. The van der Waals surface area contributed by atoms with Crippen molar-refractivity contribution in [3.05, 3.63) is 32.5 Å². The van der Waals surface area contributed by atoms with E-state index in [0.29, 0.717) is 0 Å². The van der Waals surface area contributed by atoms with E-state index < -0.39 is 23.3 Å². The van der Waals surface area contributed by atoms with Crippen LogP contribution < -0.4 is 0 Å². The monoisotopic (exact) mass is 348 g/mol. The van der Waals surface area contributed by atoms with E-state index >= 15 is 0 Å². The van der Waals surface area contributed by atoms with Gasteiger partial charge in [-0.3, -0.25) is 4.79 Å². The van der Waals surface area contributed by atoms with E-state index in [0.717, 1.165) is 6.07 Å². The molecule has 1 rings (SSSR count). The number of ketones is 1. The second-order valence-corrected chi connectivity index (χ2v) is 4.25. The molecule has 1 aromatic carbocycles. The zero-order chi connectivity index (χ0) is 11.8. The third-order valence-electron chi connectivity index (χ3n) is 1.53. The summed E-state index contributed by atoms with van der Waals surface area (Å²) in [5, 5.41) is 0. The maximum absolute atomic E-state index is 13.2. The molecule has 15 heavy (non-hydrogen) atoms. The van der Waals surface area contributed by atoms with Crippen LogP contribution in [0.2, 0.25) is 0 Å². The minimum Gasteiger partial charge on any atom is -0.284 e. The Labute approximate surface area is 98.7 Å². The number of benzene rings is 1. The van der Waals surface area contributed by atoms with Gasteiger partial charge in [-0.25, -0.2) is 4.39 Å². The highest BCUT2D eigenvalue weighted by Crippen LogP contribution is 2.31. The van der Waals surface area contributed by atoms with Crippen LogP contribution in [0.3, 0.4) is 0 Å². The van der Waals surface area contributed by atoms with Gasteiger partial charge in [-0.05, 0) is 44.0 Å². The Balaban J connectivity index is 3.38. The molecular weight excluding hydrogens is 348 g/mol. The summed E-state index contributed by atoms with van der Waals surface area (Å²) < 4.78 is 49.0. The number of carbonyl (C=O) groups excluding carboxylic acids is 1. The molecule has 0 heterocycles. The lowest BCUT2D eigenvalue weighted by Crippen LogP contribution is -2.24. The van der Waals surface area contributed by atoms with E-state index in [2.05, 4.69) is 31.9 Å². The van der Waals surface area contributed by atoms with Crippen LogP contribution in [0, 0.1) is 5.82 Å². The van der Waals surface area contributed by atoms with Gasteiger partial charge in [-0.2, -0.15) is 13.2 Å². The van der Waals surface area contributed by atoms with Crippen LogP contribution in [0.15, 0.2) is 21.1 Å². The second kappa shape index (κ2) is 4.21. The highest BCUT2D eigenvalue weighted by molar-refractivity contribution is 9.11. The molecule has 0 amide bonds. The molecule has 0 saturated heterocycles. The molecule has 0 aromatic heterocycles. The van der Waals surface area contributed by atoms with Crippen LogP contribution in [0.5, 0.6) is 0 Å². The fourth-order valence-electron chi connectivity index (χ4n) is 0.877. The Kier molecular flexibility index (Phi) is 3.55. The Morgan fingerprint density at radius 3 is 2.07 bits per heavy atom. The molecule has 0 bridgehead atoms. The molecule has 1 aromatic rings. The maximum Gasteiger partial charge on any atom is 0.455 e. The van der Waals surface area contributed by atoms with Crippen LogP contribution in [0.25, 0.3) is 0 Å². The summed E-state index contributed by atoms with van der Waals surface area (Å²) in [6, 6.07) is 2.36. The largest absolute Gasteiger partial charge is 0.455 e. The summed E-state index contributed by atoms with van der Waals surface area (Å²) in [7, 11) is 0. The van der Waals surface area contributed by atoms with Crippen LogP contribution in [-0.4, -0.2) is 12.0 Å². The van der Waals surface area contributed by atoms with Crippen molar-refractivity contribution < 1.29 is 22.4 Å². The molecule has 0 saturated carbocycles. The number of carbonyl (C=O) groups is 1. The first-order chi connectivity index (χ1) is 6.75. The van der Waals surface area contributed by atoms with Crippen molar-refractivity contribution in [3.63, 3.8) is 0 Å². The van der Waals surface area contributed by atoms with Gasteiger partial charge in [0.15, 0.2) is 0 Å². The fourth-order valence-corrected chi connectivity index (χ4v) is 1.69. The Hall–Kier alpha value is -0.430. The average Bonchev–Trinajstić information content (AvgIpc) is 2.10. The molecule has 0 aliphatic heterocycles. The third kappa shape index (κ3) is 2.57. The third-order valence-corrected chi connectivity index (χ3v) is 2.80. The van der Waals surface area contributed by atoms with E-state index in [4.69, 9.17) is 0 Å². The van der Waals surface area contributed by atoms with Crippen molar-refractivity contribution in [2.75, 3.05) is 0 Å². The lowest BCUT2D eigenvalue weighted by atomic mass is 10.1. The van der Waals surface area contributed by atoms with Crippen molar-refractivity contribution in [2.24, 2.45) is 0 Å². The van der Waals surface area contributed by atoms with Crippen molar-refractivity contribution >= 4 is 37.6 Å². The van der Waals surface area contributed by atoms with E-state index in [-0.39, 0.29) is 8.95 Å². The van der Waals surface area contributed by atoms with Gasteiger partial charge in [0, 0.05) is 4.47 Å². The van der Waals surface area contributed by atoms with E-state index in [1.54, 1.807) is 0 Å². The molecule has 0 aliphatic rings. The minimum absolute atomic E-state index is 0.196. The van der Waals surface area contributed by atoms with E-state index in [1.165, 1.54) is 6.07 Å². The molecule has 0 atom stereocenters. The predicted octanol–water partition coefficient (Wildman–Crippen LogP) is 4.10. The Bertz CT molecular complexity index is 414. The standard InChI is InChI=1S/C8H2Br2F4O/c9-3-1-2-4(10)6(11)5(3)7(15)8(12,13)14/h1-2H. The van der Waals surface area contributed by atoms with Crippen molar-refractivity contribution in [2.45, 2.75) is 6.18 Å². The summed E-state index contributed by atoms with van der Waals surface area (Å²) in [6.07, 6.45) is -5.09. The molecule has 0 N–H and O–H groups in total. The number of Topliss-reactive ketones (excluding diaryl/α,β-unsaturated/α-hetero) is 1. The zero-order valence-electron chi connectivity index (χ0n) is 6.83. The quantitative estimate of drug-likeness (QED) is 0.424. The molecule has 0 unspecified atom stereocenters.